The average molecular weight is 553 g/mol. The Morgan fingerprint density at radius 2 is 1.93 bits per heavy atom. The van der Waals surface area contributed by atoms with E-state index in [1.807, 2.05) is 6.20 Å². The first-order chi connectivity index (χ1) is 13.5. The van der Waals surface area contributed by atoms with Crippen LogP contribution in [0.4, 0.5) is 0 Å². The summed E-state index contributed by atoms with van der Waals surface area (Å²) in [7, 11) is -4.33. The molecule has 0 aliphatic carbocycles. The molecule has 3 heterocycles. The fourth-order valence-corrected chi connectivity index (χ4v) is 6.03. The van der Waals surface area contributed by atoms with Crippen molar-refractivity contribution in [1.82, 2.24) is 18.7 Å². The Balaban J connectivity index is 1.77. The molecule has 0 unspecified atom stereocenters. The van der Waals surface area contributed by atoms with Crippen molar-refractivity contribution in [3.63, 3.8) is 0 Å². The number of hydrogen-bond donors (Lipinski definition) is 0. The Bertz CT molecular complexity index is 1040. The zero-order valence-corrected chi connectivity index (χ0v) is 21.4. The number of sulfonamides is 1. The van der Waals surface area contributed by atoms with E-state index in [4.69, 9.17) is 4.74 Å². The predicted octanol–water partition coefficient (Wildman–Crippen LogP) is 2.71. The van der Waals surface area contributed by atoms with E-state index >= 15 is 0 Å². The predicted molar refractivity (Wildman–Crippen MR) is 126 cm³/mol. The molecule has 11 heteroatoms. The molecule has 1 fully saturated rings. The lowest BCUT2D eigenvalue weighted by atomic mass is 10.1. The van der Waals surface area contributed by atoms with Gasteiger partial charge in [-0.15, -0.1) is 0 Å². The molecular formula is C18H29IN4O4SSi. The lowest BCUT2D eigenvalue weighted by molar-refractivity contribution is 0.0816. The highest BCUT2D eigenvalue weighted by Gasteiger charge is 2.27. The average Bonchev–Trinajstić information content (AvgIpc) is 3.05. The molecule has 2 aromatic rings. The van der Waals surface area contributed by atoms with E-state index in [-0.39, 0.29) is 11.6 Å². The summed E-state index contributed by atoms with van der Waals surface area (Å²) in [6.07, 6.45) is 5.97. The van der Waals surface area contributed by atoms with Gasteiger partial charge in [0.2, 0.25) is 10.0 Å². The number of ether oxygens (including phenoxy) is 1. The van der Waals surface area contributed by atoms with Gasteiger partial charge < -0.3 is 9.30 Å². The number of piperidine rings is 1. The maximum atomic E-state index is 13.1. The van der Waals surface area contributed by atoms with E-state index in [0.717, 1.165) is 15.1 Å². The highest BCUT2D eigenvalue weighted by atomic mass is 127. The van der Waals surface area contributed by atoms with Gasteiger partial charge >= 0.3 is 0 Å². The molecule has 1 aliphatic rings. The van der Waals surface area contributed by atoms with Crippen LogP contribution in [0.3, 0.4) is 0 Å². The maximum Gasteiger partial charge on any atom is 0.261 e. The van der Waals surface area contributed by atoms with Gasteiger partial charge in [0.1, 0.15) is 6.73 Å². The molecule has 0 atom stereocenters. The summed E-state index contributed by atoms with van der Waals surface area (Å²) in [6.45, 7) is 8.84. The maximum absolute atomic E-state index is 13.1. The van der Waals surface area contributed by atoms with Gasteiger partial charge in [-0.3, -0.25) is 4.79 Å². The van der Waals surface area contributed by atoms with Crippen LogP contribution < -0.4 is 5.56 Å². The fourth-order valence-electron chi connectivity index (χ4n) is 3.53. The number of fused-ring (bicyclic) bond motifs is 1. The zero-order chi connectivity index (χ0) is 21.4. The normalized spacial score (nSPS) is 17.3. The van der Waals surface area contributed by atoms with E-state index in [2.05, 4.69) is 47.3 Å². The van der Waals surface area contributed by atoms with Crippen LogP contribution in [-0.4, -0.2) is 61.1 Å². The van der Waals surface area contributed by atoms with Crippen LogP contribution in [0.25, 0.3) is 10.9 Å². The van der Waals surface area contributed by atoms with E-state index in [1.165, 1.54) is 10.6 Å². The molecule has 0 spiro atoms. The van der Waals surface area contributed by atoms with Crippen LogP contribution in [-0.2, 0) is 21.5 Å². The quantitative estimate of drug-likeness (QED) is 0.300. The van der Waals surface area contributed by atoms with Gasteiger partial charge in [0.15, 0.2) is 0 Å². The van der Waals surface area contributed by atoms with Crippen molar-refractivity contribution in [2.75, 3.05) is 26.0 Å². The molecule has 162 valence electrons. The smallest absolute Gasteiger partial charge is 0.261 e. The summed E-state index contributed by atoms with van der Waals surface area (Å²) in [5.41, 5.74) is 0.722. The molecule has 3 rings (SSSR count). The van der Waals surface area contributed by atoms with Gasteiger partial charge in [0.25, 0.3) is 5.56 Å². The largest absolute Gasteiger partial charge is 0.360 e. The van der Waals surface area contributed by atoms with E-state index < -0.39 is 18.1 Å². The number of rotatable bonds is 7. The third-order valence-corrected chi connectivity index (χ3v) is 9.08. The van der Waals surface area contributed by atoms with Crippen LogP contribution in [0, 0.1) is 3.57 Å². The van der Waals surface area contributed by atoms with Gasteiger partial charge in [-0.1, -0.05) is 19.6 Å². The van der Waals surface area contributed by atoms with Gasteiger partial charge in [0.05, 0.1) is 26.9 Å². The van der Waals surface area contributed by atoms with Crippen LogP contribution in [0.5, 0.6) is 0 Å². The minimum atomic E-state index is -3.18. The molecule has 0 radical (unpaired) electrons. The molecule has 0 N–H and O–H groups in total. The SMILES string of the molecule is C[Si](C)(C)CCOCn1ncc2c(=O)n(C3CCN(S(C)(=O)=O)CC3)cc(I)c21. The van der Waals surface area contributed by atoms with E-state index in [0.29, 0.717) is 44.7 Å². The molecular weight excluding hydrogens is 523 g/mol. The summed E-state index contributed by atoms with van der Waals surface area (Å²) in [6, 6.07) is 1.08. The van der Waals surface area contributed by atoms with Crippen LogP contribution >= 0.6 is 22.6 Å². The van der Waals surface area contributed by atoms with Crippen molar-refractivity contribution in [3.05, 3.63) is 26.3 Å². The Morgan fingerprint density at radius 1 is 1.28 bits per heavy atom. The standard InChI is InChI=1S/C18H29IN4O4SSi/c1-28(25,26)21-7-5-14(6-8-21)22-12-16(19)17-15(18(22)24)11-20-23(17)13-27-9-10-29(2,3)4/h11-12,14H,5-10,13H2,1-4H3. The van der Waals surface area contributed by atoms with Gasteiger partial charge in [-0.05, 0) is 41.5 Å². The molecule has 0 saturated carbocycles. The lowest BCUT2D eigenvalue weighted by Gasteiger charge is -2.31. The van der Waals surface area contributed by atoms with Crippen molar-refractivity contribution < 1.29 is 13.2 Å². The number of aromatic nitrogens is 3. The van der Waals surface area contributed by atoms with Crippen LogP contribution in [0.15, 0.2) is 17.2 Å². The number of pyridine rings is 1. The summed E-state index contributed by atoms with van der Waals surface area (Å²) in [4.78, 5) is 13.1. The van der Waals surface area contributed by atoms with Crippen molar-refractivity contribution in [2.24, 2.45) is 0 Å². The highest BCUT2D eigenvalue weighted by Crippen LogP contribution is 2.25. The van der Waals surface area contributed by atoms with Gasteiger partial charge in [0, 0.05) is 40.0 Å². The second kappa shape index (κ2) is 8.77. The van der Waals surface area contributed by atoms with Crippen molar-refractivity contribution in [2.45, 2.75) is 51.3 Å². The third-order valence-electron chi connectivity index (χ3n) is 5.28. The lowest BCUT2D eigenvalue weighted by Crippen LogP contribution is -2.40. The first-order valence-corrected chi connectivity index (χ1v) is 16.4. The second-order valence-electron chi connectivity index (χ2n) is 8.84. The molecule has 2 aromatic heterocycles. The monoisotopic (exact) mass is 552 g/mol. The first kappa shape index (κ1) is 22.9. The zero-order valence-electron chi connectivity index (χ0n) is 17.4. The molecule has 0 aromatic carbocycles. The summed E-state index contributed by atoms with van der Waals surface area (Å²) < 4.78 is 35.2. The molecule has 0 amide bonds. The van der Waals surface area contributed by atoms with Crippen molar-refractivity contribution in [3.8, 4) is 0 Å². The Labute approximate surface area is 186 Å². The van der Waals surface area contributed by atoms with Crippen LogP contribution in [0.1, 0.15) is 18.9 Å². The molecule has 1 saturated heterocycles. The molecule has 0 bridgehead atoms. The van der Waals surface area contributed by atoms with Crippen molar-refractivity contribution in [1.29, 1.82) is 0 Å². The highest BCUT2D eigenvalue weighted by molar-refractivity contribution is 14.1. The molecule has 8 nitrogen and oxygen atoms in total. The minimum absolute atomic E-state index is 0.00485. The van der Waals surface area contributed by atoms with Crippen LogP contribution in [0.2, 0.25) is 25.7 Å². The van der Waals surface area contributed by atoms with E-state index in [9.17, 15) is 13.2 Å². The number of hydrogen-bond acceptors (Lipinski definition) is 5. The van der Waals surface area contributed by atoms with E-state index in [1.54, 1.807) is 15.4 Å². The Hall–Kier alpha value is -0.763. The second-order valence-corrected chi connectivity index (χ2v) is 17.6. The summed E-state index contributed by atoms with van der Waals surface area (Å²) in [5, 5.41) is 4.96. The minimum Gasteiger partial charge on any atom is -0.360 e. The van der Waals surface area contributed by atoms with Gasteiger partial charge in [-0.2, -0.15) is 5.10 Å². The molecule has 1 aliphatic heterocycles. The fraction of sp³-hybridized carbons (Fsp3) is 0.667. The van der Waals surface area contributed by atoms with Gasteiger partial charge in [-0.25, -0.2) is 17.4 Å². The Kier molecular flexibility index (Phi) is 6.93. The third kappa shape index (κ3) is 5.49. The first-order valence-electron chi connectivity index (χ1n) is 9.76. The summed E-state index contributed by atoms with van der Waals surface area (Å²) >= 11 is 2.23. The Morgan fingerprint density at radius 3 is 2.52 bits per heavy atom. The topological polar surface area (TPSA) is 86.4 Å². The summed E-state index contributed by atoms with van der Waals surface area (Å²) in [5.74, 6) is 0. The molecule has 29 heavy (non-hydrogen) atoms. The number of halogens is 1. The number of nitrogens with zero attached hydrogens (tertiary/aromatic N) is 4. The van der Waals surface area contributed by atoms with Crippen molar-refractivity contribution >= 4 is 51.6 Å².